The van der Waals surface area contributed by atoms with E-state index in [9.17, 15) is 0 Å². The van der Waals surface area contributed by atoms with E-state index in [1.165, 1.54) is 13.1 Å². The average Bonchev–Trinajstić information content (AvgIpc) is 2.30. The molecule has 0 unspecified atom stereocenters. The van der Waals surface area contributed by atoms with Gasteiger partial charge in [-0.1, -0.05) is 0 Å². The van der Waals surface area contributed by atoms with E-state index in [-0.39, 0.29) is 0 Å². The Morgan fingerprint density at radius 2 is 1.92 bits per heavy atom. The first-order chi connectivity index (χ1) is 5.41. The Balaban J connectivity index is 2.65. The molecule has 0 aliphatic carbocycles. The summed E-state index contributed by atoms with van der Waals surface area (Å²) in [7, 11) is -1.08. The Morgan fingerprint density at radius 3 is 2.17 bits per heavy atom. The third kappa shape index (κ3) is 2.09. The third-order valence-corrected chi connectivity index (χ3v) is 4.47. The van der Waals surface area contributed by atoms with Crippen molar-refractivity contribution in [3.05, 3.63) is 0 Å². The summed E-state index contributed by atoms with van der Waals surface area (Å²) in [5.74, 6) is 0. The van der Waals surface area contributed by atoms with Gasteiger partial charge in [0.25, 0.3) is 8.24 Å². The normalized spacial score (nSPS) is 18.8. The molecule has 1 rings (SSSR count). The van der Waals surface area contributed by atoms with E-state index < -0.39 is 8.24 Å². The average molecular weight is 185 g/mol. The first-order valence-electron chi connectivity index (χ1n) is 4.79. The molecule has 0 aromatic carbocycles. The topological polar surface area (TPSA) is 6.25 Å². The fraction of sp³-hybridized carbons (Fsp3) is 0.889. The molecule has 2 nitrogen and oxygen atoms in total. The first-order valence-corrected chi connectivity index (χ1v) is 8.23. The third-order valence-electron chi connectivity index (χ3n) is 2.41. The highest BCUT2D eigenvalue weighted by Gasteiger charge is 2.33. The number of nitrogens with zero attached hydrogens (tertiary/aromatic N) is 2. The van der Waals surface area contributed by atoms with Crippen LogP contribution in [-0.4, -0.2) is 42.8 Å². The highest BCUT2D eigenvalue weighted by Crippen LogP contribution is 2.10. The molecule has 1 aliphatic heterocycles. The summed E-state index contributed by atoms with van der Waals surface area (Å²) >= 11 is 0. The zero-order chi connectivity index (χ0) is 9.35. The fourth-order valence-corrected chi connectivity index (χ4v) is 2.68. The van der Waals surface area contributed by atoms with Gasteiger partial charge in [0.1, 0.15) is 13.1 Å². The molecule has 70 valence electrons. The minimum absolute atomic E-state index is 0.659. The predicted molar refractivity (Wildman–Crippen MR) is 56.4 cm³/mol. The highest BCUT2D eigenvalue weighted by molar-refractivity contribution is 6.74. The SMILES string of the molecule is CC(C)[N+]1=CN([Si](C)(C)C)CC1. The van der Waals surface area contributed by atoms with Crippen LogP contribution in [0.3, 0.4) is 0 Å². The number of hydrogen-bond acceptors (Lipinski definition) is 1. The van der Waals surface area contributed by atoms with E-state index >= 15 is 0 Å². The molecule has 0 amide bonds. The summed E-state index contributed by atoms with van der Waals surface area (Å²) in [5, 5.41) is 0. The summed E-state index contributed by atoms with van der Waals surface area (Å²) in [6, 6.07) is 0.659. The van der Waals surface area contributed by atoms with Crippen LogP contribution in [0.4, 0.5) is 0 Å². The Bertz CT molecular complexity index is 191. The van der Waals surface area contributed by atoms with Gasteiger partial charge in [0.05, 0.1) is 6.04 Å². The molecular formula is C9H21N2Si+. The zero-order valence-corrected chi connectivity index (χ0v) is 9.96. The van der Waals surface area contributed by atoms with Crippen LogP contribution in [-0.2, 0) is 0 Å². The van der Waals surface area contributed by atoms with E-state index in [1.54, 1.807) is 0 Å². The lowest BCUT2D eigenvalue weighted by atomic mass is 10.4. The first kappa shape index (κ1) is 9.77. The van der Waals surface area contributed by atoms with Gasteiger partial charge < -0.3 is 4.57 Å². The second-order valence-corrected chi connectivity index (χ2v) is 9.73. The predicted octanol–water partition coefficient (Wildman–Crippen LogP) is 1.59. The van der Waals surface area contributed by atoms with E-state index in [4.69, 9.17) is 0 Å². The number of rotatable bonds is 2. The zero-order valence-electron chi connectivity index (χ0n) is 8.96. The van der Waals surface area contributed by atoms with Crippen molar-refractivity contribution in [2.45, 2.75) is 39.5 Å². The smallest absolute Gasteiger partial charge is 0.251 e. The van der Waals surface area contributed by atoms with Crippen LogP contribution in [0.2, 0.25) is 19.6 Å². The summed E-state index contributed by atoms with van der Waals surface area (Å²) in [5.41, 5.74) is 0. The van der Waals surface area contributed by atoms with Crippen molar-refractivity contribution in [1.82, 2.24) is 4.57 Å². The second kappa shape index (κ2) is 3.21. The van der Waals surface area contributed by atoms with Gasteiger partial charge in [-0.3, -0.25) is 4.58 Å². The molecule has 0 radical (unpaired) electrons. The molecular weight excluding hydrogens is 164 g/mol. The largest absolute Gasteiger partial charge is 0.313 e. The fourth-order valence-electron chi connectivity index (χ4n) is 1.42. The molecule has 1 aliphatic rings. The van der Waals surface area contributed by atoms with Crippen molar-refractivity contribution in [3.63, 3.8) is 0 Å². The van der Waals surface area contributed by atoms with Gasteiger partial charge in [-0.05, 0) is 33.5 Å². The minimum Gasteiger partial charge on any atom is -0.313 e. The Kier molecular flexibility index (Phi) is 2.61. The van der Waals surface area contributed by atoms with Gasteiger partial charge in [-0.2, -0.15) is 0 Å². The molecule has 12 heavy (non-hydrogen) atoms. The van der Waals surface area contributed by atoms with Crippen molar-refractivity contribution in [2.75, 3.05) is 13.1 Å². The Morgan fingerprint density at radius 1 is 1.33 bits per heavy atom. The van der Waals surface area contributed by atoms with E-state index in [2.05, 4.69) is 49.0 Å². The number of hydrogen-bond donors (Lipinski definition) is 0. The van der Waals surface area contributed by atoms with E-state index in [0.29, 0.717) is 6.04 Å². The molecule has 1 heterocycles. The summed E-state index contributed by atoms with van der Waals surface area (Å²) in [6.07, 6.45) is 2.33. The lowest BCUT2D eigenvalue weighted by molar-refractivity contribution is -0.545. The van der Waals surface area contributed by atoms with Gasteiger partial charge in [-0.25, -0.2) is 0 Å². The van der Waals surface area contributed by atoms with E-state index in [0.717, 1.165) is 0 Å². The van der Waals surface area contributed by atoms with Crippen molar-refractivity contribution >= 4 is 14.6 Å². The van der Waals surface area contributed by atoms with Crippen LogP contribution < -0.4 is 0 Å². The second-order valence-electron chi connectivity index (χ2n) is 4.81. The molecule has 0 N–H and O–H groups in total. The minimum atomic E-state index is -1.08. The lowest BCUT2D eigenvalue weighted by Crippen LogP contribution is -2.43. The van der Waals surface area contributed by atoms with Crippen LogP contribution >= 0.6 is 0 Å². The Labute approximate surface area is 77.0 Å². The standard InChI is InChI=1S/C9H21N2Si/c1-9(2)10-6-7-11(8-10)12(3,4)5/h8-9H,6-7H2,1-5H3/q+1. The van der Waals surface area contributed by atoms with Crippen molar-refractivity contribution in [2.24, 2.45) is 0 Å². The summed E-state index contributed by atoms with van der Waals surface area (Å²) < 4.78 is 4.98. The molecule has 0 fully saturated rings. The summed E-state index contributed by atoms with van der Waals surface area (Å²) in [6.45, 7) is 14.1. The summed E-state index contributed by atoms with van der Waals surface area (Å²) in [4.78, 5) is 0. The van der Waals surface area contributed by atoms with Crippen LogP contribution in [0.15, 0.2) is 0 Å². The lowest BCUT2D eigenvalue weighted by Gasteiger charge is -2.20. The maximum Gasteiger partial charge on any atom is 0.251 e. The molecule has 3 heteroatoms. The van der Waals surface area contributed by atoms with Crippen molar-refractivity contribution in [1.29, 1.82) is 0 Å². The molecule has 0 saturated carbocycles. The molecule has 0 atom stereocenters. The van der Waals surface area contributed by atoms with Gasteiger partial charge >= 0.3 is 0 Å². The highest BCUT2D eigenvalue weighted by atomic mass is 28.3. The molecule has 0 saturated heterocycles. The van der Waals surface area contributed by atoms with Crippen LogP contribution in [0, 0.1) is 0 Å². The molecule has 0 spiro atoms. The molecule has 0 bridgehead atoms. The molecule has 0 aromatic rings. The van der Waals surface area contributed by atoms with Gasteiger partial charge in [0.15, 0.2) is 0 Å². The monoisotopic (exact) mass is 185 g/mol. The van der Waals surface area contributed by atoms with E-state index in [1.807, 2.05) is 0 Å². The maximum atomic E-state index is 2.55. The van der Waals surface area contributed by atoms with Crippen LogP contribution in [0.5, 0.6) is 0 Å². The molecule has 0 aromatic heterocycles. The van der Waals surface area contributed by atoms with Crippen molar-refractivity contribution in [3.8, 4) is 0 Å². The quantitative estimate of drug-likeness (QED) is 0.468. The maximum absolute atomic E-state index is 2.55. The van der Waals surface area contributed by atoms with Gasteiger partial charge in [-0.15, -0.1) is 0 Å². The van der Waals surface area contributed by atoms with Crippen molar-refractivity contribution < 1.29 is 4.58 Å². The Hall–Kier alpha value is -0.313. The van der Waals surface area contributed by atoms with Crippen LogP contribution in [0.1, 0.15) is 13.8 Å². The van der Waals surface area contributed by atoms with Gasteiger partial charge in [0, 0.05) is 0 Å². The van der Waals surface area contributed by atoms with Crippen LogP contribution in [0.25, 0.3) is 0 Å². The van der Waals surface area contributed by atoms with Gasteiger partial charge in [0.2, 0.25) is 6.34 Å².